The molecule has 3 rings (SSSR count). The zero-order chi connectivity index (χ0) is 19.6. The molecule has 0 saturated carbocycles. The predicted molar refractivity (Wildman–Crippen MR) is 103 cm³/mol. The van der Waals surface area contributed by atoms with Gasteiger partial charge in [-0.3, -0.25) is 14.9 Å². The molecular formula is C20H17ClN2O4. The second-order valence-corrected chi connectivity index (χ2v) is 6.99. The predicted octanol–water partition coefficient (Wildman–Crippen LogP) is 5.17. The molecule has 3 aromatic rings. The van der Waals surface area contributed by atoms with Crippen LogP contribution in [0.3, 0.4) is 0 Å². The van der Waals surface area contributed by atoms with Crippen molar-refractivity contribution < 1.29 is 14.1 Å². The quantitative estimate of drug-likeness (QED) is 0.485. The first-order valence-corrected chi connectivity index (χ1v) is 8.57. The normalized spacial score (nSPS) is 11.2. The van der Waals surface area contributed by atoms with Crippen molar-refractivity contribution >= 4 is 23.4 Å². The van der Waals surface area contributed by atoms with Crippen molar-refractivity contribution in [1.29, 1.82) is 0 Å². The van der Waals surface area contributed by atoms with Gasteiger partial charge in [0.05, 0.1) is 11.6 Å². The van der Waals surface area contributed by atoms with Gasteiger partial charge in [0.15, 0.2) is 5.76 Å². The molecule has 0 bridgehead atoms. The Balaban J connectivity index is 1.76. The number of rotatable bonds is 5. The molecule has 0 fully saturated rings. The van der Waals surface area contributed by atoms with E-state index < -0.39 is 22.3 Å². The molecular weight excluding hydrogens is 368 g/mol. The Morgan fingerprint density at radius 1 is 1.00 bits per heavy atom. The summed E-state index contributed by atoms with van der Waals surface area (Å²) in [7, 11) is 0. The number of nitrogens with zero attached hydrogens (tertiary/aromatic N) is 1. The van der Waals surface area contributed by atoms with Gasteiger partial charge in [0.1, 0.15) is 4.92 Å². The topological polar surface area (TPSA) is 85.4 Å². The van der Waals surface area contributed by atoms with Crippen molar-refractivity contribution in [2.45, 2.75) is 19.4 Å². The Hall–Kier alpha value is -3.12. The lowest BCUT2D eigenvalue weighted by atomic mass is 9.92. The van der Waals surface area contributed by atoms with E-state index in [1.807, 2.05) is 62.4 Å². The number of benzene rings is 2. The summed E-state index contributed by atoms with van der Waals surface area (Å²) in [5.74, 6) is -1.09. The van der Waals surface area contributed by atoms with Crippen molar-refractivity contribution in [3.05, 3.63) is 87.1 Å². The third kappa shape index (κ3) is 4.17. The summed E-state index contributed by atoms with van der Waals surface area (Å²) in [4.78, 5) is 22.4. The van der Waals surface area contributed by atoms with Gasteiger partial charge in [0.25, 0.3) is 5.91 Å². The maximum Gasteiger partial charge on any atom is 0.433 e. The lowest BCUT2D eigenvalue weighted by Crippen LogP contribution is -2.40. The molecule has 1 amide bonds. The Bertz CT molecular complexity index is 976. The van der Waals surface area contributed by atoms with Gasteiger partial charge < -0.3 is 9.73 Å². The molecule has 0 atom stereocenters. The van der Waals surface area contributed by atoms with Gasteiger partial charge >= 0.3 is 5.88 Å². The lowest BCUT2D eigenvalue weighted by molar-refractivity contribution is -0.402. The van der Waals surface area contributed by atoms with Crippen molar-refractivity contribution in [2.75, 3.05) is 0 Å². The van der Waals surface area contributed by atoms with Gasteiger partial charge in [0.2, 0.25) is 0 Å². The summed E-state index contributed by atoms with van der Waals surface area (Å²) in [6.07, 6.45) is 0. The number of furan rings is 1. The van der Waals surface area contributed by atoms with E-state index in [0.717, 1.165) is 22.8 Å². The molecule has 0 aliphatic carbocycles. The Labute approximate surface area is 160 Å². The highest BCUT2D eigenvalue weighted by Crippen LogP contribution is 2.26. The fourth-order valence-electron chi connectivity index (χ4n) is 2.69. The first kappa shape index (κ1) is 18.7. The van der Waals surface area contributed by atoms with Crippen LogP contribution in [0.5, 0.6) is 0 Å². The molecule has 0 unspecified atom stereocenters. The molecule has 1 heterocycles. The molecule has 7 heteroatoms. The van der Waals surface area contributed by atoms with E-state index >= 15 is 0 Å². The number of halogens is 1. The van der Waals surface area contributed by atoms with Crippen molar-refractivity contribution in [2.24, 2.45) is 0 Å². The largest absolute Gasteiger partial charge is 0.433 e. The fraction of sp³-hybridized carbons (Fsp3) is 0.150. The number of carbonyl (C=O) groups excluding carboxylic acids is 1. The number of hydrogen-bond donors (Lipinski definition) is 1. The first-order chi connectivity index (χ1) is 12.8. The van der Waals surface area contributed by atoms with Gasteiger partial charge in [-0.05, 0) is 48.7 Å². The van der Waals surface area contributed by atoms with E-state index in [9.17, 15) is 14.9 Å². The average Bonchev–Trinajstić information content (AvgIpc) is 3.13. The van der Waals surface area contributed by atoms with Gasteiger partial charge in [0, 0.05) is 5.02 Å². The van der Waals surface area contributed by atoms with Crippen LogP contribution in [-0.2, 0) is 5.54 Å². The second kappa shape index (κ2) is 7.25. The van der Waals surface area contributed by atoms with Crippen molar-refractivity contribution in [1.82, 2.24) is 5.32 Å². The third-order valence-electron chi connectivity index (χ3n) is 4.21. The Morgan fingerprint density at radius 3 is 2.07 bits per heavy atom. The molecule has 6 nitrogen and oxygen atoms in total. The van der Waals surface area contributed by atoms with Gasteiger partial charge in [-0.1, -0.05) is 48.0 Å². The molecule has 0 radical (unpaired) electrons. The fourth-order valence-corrected chi connectivity index (χ4v) is 2.81. The lowest BCUT2D eigenvalue weighted by Gasteiger charge is -2.26. The number of hydrogen-bond acceptors (Lipinski definition) is 4. The minimum Gasteiger partial charge on any atom is -0.395 e. The summed E-state index contributed by atoms with van der Waals surface area (Å²) in [5.41, 5.74) is 2.25. The van der Waals surface area contributed by atoms with Gasteiger partial charge in [-0.15, -0.1) is 0 Å². The second-order valence-electron chi connectivity index (χ2n) is 6.56. The molecule has 0 aliphatic heterocycles. The van der Waals surface area contributed by atoms with Crippen LogP contribution in [0.15, 0.2) is 65.1 Å². The van der Waals surface area contributed by atoms with E-state index in [-0.39, 0.29) is 5.76 Å². The summed E-state index contributed by atoms with van der Waals surface area (Å²) >= 11 is 5.92. The highest BCUT2D eigenvalue weighted by atomic mass is 35.5. The van der Waals surface area contributed by atoms with Crippen LogP contribution in [0, 0.1) is 10.1 Å². The van der Waals surface area contributed by atoms with Crippen LogP contribution in [0.4, 0.5) is 5.88 Å². The van der Waals surface area contributed by atoms with E-state index in [0.29, 0.717) is 5.02 Å². The molecule has 27 heavy (non-hydrogen) atoms. The van der Waals surface area contributed by atoms with Crippen LogP contribution in [-0.4, -0.2) is 10.8 Å². The molecule has 1 N–H and O–H groups in total. The van der Waals surface area contributed by atoms with Gasteiger partial charge in [-0.25, -0.2) is 0 Å². The number of nitrogens with one attached hydrogen (secondary N) is 1. The van der Waals surface area contributed by atoms with E-state index in [1.54, 1.807) is 0 Å². The SMILES string of the molecule is CC(C)(NC(=O)c1ccc([N+](=O)[O-])o1)c1ccc(-c2ccc(Cl)cc2)cc1. The van der Waals surface area contributed by atoms with Crippen LogP contribution in [0.25, 0.3) is 11.1 Å². The van der Waals surface area contributed by atoms with Crippen LogP contribution < -0.4 is 5.32 Å². The zero-order valence-corrected chi connectivity index (χ0v) is 15.5. The molecule has 0 spiro atoms. The molecule has 0 saturated heterocycles. The van der Waals surface area contributed by atoms with E-state index in [4.69, 9.17) is 16.0 Å². The highest BCUT2D eigenvalue weighted by molar-refractivity contribution is 6.30. The molecule has 0 aliphatic rings. The van der Waals surface area contributed by atoms with Crippen LogP contribution in [0.1, 0.15) is 30.0 Å². The Kier molecular flexibility index (Phi) is 5.01. The van der Waals surface area contributed by atoms with Crippen LogP contribution in [0.2, 0.25) is 5.02 Å². The number of nitro groups is 1. The zero-order valence-electron chi connectivity index (χ0n) is 14.7. The standard InChI is InChI=1S/C20H17ClN2O4/c1-20(2,22-19(24)17-11-12-18(27-17)23(25)26)15-7-3-13(4-8-15)14-5-9-16(21)10-6-14/h3-12H,1-2H3,(H,22,24). The smallest absolute Gasteiger partial charge is 0.395 e. The first-order valence-electron chi connectivity index (χ1n) is 8.19. The molecule has 2 aromatic carbocycles. The number of carbonyl (C=O) groups is 1. The minimum absolute atomic E-state index is 0.104. The monoisotopic (exact) mass is 384 g/mol. The van der Waals surface area contributed by atoms with Gasteiger partial charge in [-0.2, -0.15) is 0 Å². The van der Waals surface area contributed by atoms with E-state index in [1.165, 1.54) is 6.07 Å². The summed E-state index contributed by atoms with van der Waals surface area (Å²) < 4.78 is 4.95. The van der Waals surface area contributed by atoms with Crippen molar-refractivity contribution in [3.8, 4) is 11.1 Å². The third-order valence-corrected chi connectivity index (χ3v) is 4.46. The maximum absolute atomic E-state index is 12.3. The molecule has 138 valence electrons. The average molecular weight is 385 g/mol. The Morgan fingerprint density at radius 2 is 1.56 bits per heavy atom. The summed E-state index contributed by atoms with van der Waals surface area (Å²) in [6.45, 7) is 3.69. The molecule has 1 aromatic heterocycles. The number of amides is 1. The maximum atomic E-state index is 12.3. The highest BCUT2D eigenvalue weighted by Gasteiger charge is 2.26. The summed E-state index contributed by atoms with van der Waals surface area (Å²) in [5, 5.41) is 14.2. The minimum atomic E-state index is -0.697. The van der Waals surface area contributed by atoms with Crippen LogP contribution >= 0.6 is 11.6 Å². The summed E-state index contributed by atoms with van der Waals surface area (Å²) in [6, 6.07) is 17.8. The van der Waals surface area contributed by atoms with E-state index in [2.05, 4.69) is 5.32 Å². The van der Waals surface area contributed by atoms with Crippen molar-refractivity contribution in [3.63, 3.8) is 0 Å².